The summed E-state index contributed by atoms with van der Waals surface area (Å²) in [6, 6.07) is 10.4. The Hall–Kier alpha value is -1.04. The van der Waals surface area contributed by atoms with Crippen molar-refractivity contribution in [3.8, 4) is 11.5 Å². The van der Waals surface area contributed by atoms with Crippen molar-refractivity contribution in [2.24, 2.45) is 5.92 Å². The van der Waals surface area contributed by atoms with Crippen LogP contribution in [-0.4, -0.2) is 19.8 Å². The summed E-state index contributed by atoms with van der Waals surface area (Å²) in [4.78, 5) is 0. The smallest absolute Gasteiger partial charge is 0.129 e. The van der Waals surface area contributed by atoms with Gasteiger partial charge in [-0.25, -0.2) is 0 Å². The molecular formula is C15H22OSi. The molecule has 17 heavy (non-hydrogen) atoms. The molecule has 0 aliphatic rings. The van der Waals surface area contributed by atoms with E-state index in [4.69, 9.17) is 5.11 Å². The Morgan fingerprint density at radius 2 is 1.82 bits per heavy atom. The second-order valence-corrected chi connectivity index (χ2v) is 10.2. The van der Waals surface area contributed by atoms with Crippen LogP contribution in [0.2, 0.25) is 19.6 Å². The first kappa shape index (κ1) is 14.0. The lowest BCUT2D eigenvalue weighted by molar-refractivity contribution is 0.271. The van der Waals surface area contributed by atoms with Gasteiger partial charge in [-0.2, -0.15) is 0 Å². The fraction of sp³-hybridized carbons (Fsp3) is 0.467. The number of aliphatic hydroxyl groups excluding tert-OH is 1. The van der Waals surface area contributed by atoms with Gasteiger partial charge in [-0.15, -0.1) is 11.5 Å². The van der Waals surface area contributed by atoms with Crippen molar-refractivity contribution in [1.82, 2.24) is 0 Å². The first-order chi connectivity index (χ1) is 8.01. The molecule has 1 rings (SSSR count). The van der Waals surface area contributed by atoms with Gasteiger partial charge in [0.15, 0.2) is 0 Å². The minimum atomic E-state index is -1.31. The number of aliphatic hydroxyl groups is 1. The molecule has 1 aromatic rings. The molecule has 92 valence electrons. The normalized spacial score (nSPS) is 12.7. The molecule has 0 spiro atoms. The van der Waals surface area contributed by atoms with Gasteiger partial charge in [0.25, 0.3) is 0 Å². The minimum absolute atomic E-state index is 0.220. The third-order valence-electron chi connectivity index (χ3n) is 2.45. The van der Waals surface area contributed by atoms with Gasteiger partial charge in [0.2, 0.25) is 0 Å². The van der Waals surface area contributed by atoms with E-state index in [1.54, 1.807) is 0 Å². The van der Waals surface area contributed by atoms with Crippen LogP contribution in [0.4, 0.5) is 0 Å². The first-order valence-electron chi connectivity index (χ1n) is 6.19. The first-order valence-corrected chi connectivity index (χ1v) is 9.69. The largest absolute Gasteiger partial charge is 0.396 e. The van der Waals surface area contributed by atoms with E-state index in [1.807, 2.05) is 6.07 Å². The van der Waals surface area contributed by atoms with Crippen LogP contribution in [0.5, 0.6) is 0 Å². The van der Waals surface area contributed by atoms with Gasteiger partial charge < -0.3 is 5.11 Å². The predicted molar refractivity (Wildman–Crippen MR) is 76.5 cm³/mol. The molecule has 0 heterocycles. The molecule has 0 saturated heterocycles. The summed E-state index contributed by atoms with van der Waals surface area (Å²) in [7, 11) is -1.31. The topological polar surface area (TPSA) is 20.2 Å². The fourth-order valence-corrected chi connectivity index (χ4v) is 2.24. The van der Waals surface area contributed by atoms with Gasteiger partial charge in [0.1, 0.15) is 8.07 Å². The van der Waals surface area contributed by atoms with E-state index in [2.05, 4.69) is 55.4 Å². The highest BCUT2D eigenvalue weighted by atomic mass is 28.3. The van der Waals surface area contributed by atoms with Crippen molar-refractivity contribution >= 4 is 8.07 Å². The van der Waals surface area contributed by atoms with Gasteiger partial charge in [0, 0.05) is 12.5 Å². The zero-order valence-corrected chi connectivity index (χ0v) is 12.0. The Morgan fingerprint density at radius 3 is 2.35 bits per heavy atom. The third kappa shape index (κ3) is 6.30. The Kier molecular flexibility index (Phi) is 5.47. The van der Waals surface area contributed by atoms with Crippen molar-refractivity contribution in [3.05, 3.63) is 35.9 Å². The molecule has 0 amide bonds. The molecule has 0 bridgehead atoms. The Balaban J connectivity index is 2.69. The fourth-order valence-electron chi connectivity index (χ4n) is 1.60. The van der Waals surface area contributed by atoms with E-state index in [0.29, 0.717) is 0 Å². The molecule has 1 aromatic carbocycles. The van der Waals surface area contributed by atoms with Crippen LogP contribution in [-0.2, 0) is 6.42 Å². The molecule has 0 aromatic heterocycles. The lowest BCUT2D eigenvalue weighted by Gasteiger charge is -2.11. The second-order valence-electron chi connectivity index (χ2n) is 5.42. The summed E-state index contributed by atoms with van der Waals surface area (Å²) in [6.45, 7) is 6.97. The van der Waals surface area contributed by atoms with Crippen molar-refractivity contribution in [2.75, 3.05) is 6.61 Å². The Morgan fingerprint density at radius 1 is 1.18 bits per heavy atom. The van der Waals surface area contributed by atoms with Crippen LogP contribution in [0.25, 0.3) is 0 Å². The molecule has 1 nitrogen and oxygen atoms in total. The average Bonchev–Trinajstić information content (AvgIpc) is 2.27. The van der Waals surface area contributed by atoms with E-state index < -0.39 is 8.07 Å². The summed E-state index contributed by atoms with van der Waals surface area (Å²) in [5.74, 6) is 3.65. The van der Waals surface area contributed by atoms with Gasteiger partial charge in [-0.3, -0.25) is 0 Å². The monoisotopic (exact) mass is 246 g/mol. The zero-order chi connectivity index (χ0) is 12.7. The Bertz CT molecular complexity index is 381. The summed E-state index contributed by atoms with van der Waals surface area (Å²) >= 11 is 0. The van der Waals surface area contributed by atoms with Crippen LogP contribution in [0, 0.1) is 17.4 Å². The number of rotatable bonds is 4. The molecule has 1 N–H and O–H groups in total. The van der Waals surface area contributed by atoms with Crippen LogP contribution < -0.4 is 0 Å². The van der Waals surface area contributed by atoms with Gasteiger partial charge in [-0.1, -0.05) is 50.0 Å². The third-order valence-corrected chi connectivity index (χ3v) is 3.35. The predicted octanol–water partition coefficient (Wildman–Crippen LogP) is 3.11. The molecule has 0 fully saturated rings. The molecule has 0 unspecified atom stereocenters. The number of benzene rings is 1. The standard InChI is InChI=1S/C15H22OSi/c1-17(2,3)12-10-15(9-11-16)13-14-7-5-4-6-8-14/h4-8,15-16H,9,11,13H2,1-3H3/t15-/m1/s1. The minimum Gasteiger partial charge on any atom is -0.396 e. The van der Waals surface area contributed by atoms with Crippen molar-refractivity contribution in [1.29, 1.82) is 0 Å². The summed E-state index contributed by atoms with van der Waals surface area (Å²) in [5.41, 5.74) is 4.71. The van der Waals surface area contributed by atoms with E-state index in [9.17, 15) is 0 Å². The molecule has 0 saturated carbocycles. The quantitative estimate of drug-likeness (QED) is 0.639. The van der Waals surface area contributed by atoms with Gasteiger partial charge in [0.05, 0.1) is 0 Å². The summed E-state index contributed by atoms with van der Waals surface area (Å²) < 4.78 is 0. The maximum atomic E-state index is 9.09. The Labute approximate surface area is 106 Å². The van der Waals surface area contributed by atoms with Gasteiger partial charge >= 0.3 is 0 Å². The van der Waals surface area contributed by atoms with Crippen LogP contribution in [0.1, 0.15) is 12.0 Å². The van der Waals surface area contributed by atoms with E-state index >= 15 is 0 Å². The van der Waals surface area contributed by atoms with E-state index in [1.165, 1.54) is 5.56 Å². The molecule has 0 radical (unpaired) electrons. The van der Waals surface area contributed by atoms with E-state index in [-0.39, 0.29) is 12.5 Å². The molecular weight excluding hydrogens is 224 g/mol. The average molecular weight is 246 g/mol. The highest BCUT2D eigenvalue weighted by molar-refractivity contribution is 6.83. The van der Waals surface area contributed by atoms with Crippen molar-refractivity contribution in [3.63, 3.8) is 0 Å². The highest BCUT2D eigenvalue weighted by Gasteiger charge is 2.10. The highest BCUT2D eigenvalue weighted by Crippen LogP contribution is 2.12. The van der Waals surface area contributed by atoms with E-state index in [0.717, 1.165) is 12.8 Å². The lowest BCUT2D eigenvalue weighted by Crippen LogP contribution is -2.17. The molecule has 0 aliphatic heterocycles. The molecule has 2 heteroatoms. The van der Waals surface area contributed by atoms with Crippen LogP contribution in [0.3, 0.4) is 0 Å². The van der Waals surface area contributed by atoms with Crippen molar-refractivity contribution < 1.29 is 5.11 Å². The summed E-state index contributed by atoms with van der Waals surface area (Å²) in [5, 5.41) is 9.09. The van der Waals surface area contributed by atoms with Crippen molar-refractivity contribution in [2.45, 2.75) is 32.5 Å². The lowest BCUT2D eigenvalue weighted by atomic mass is 9.97. The second kappa shape index (κ2) is 6.63. The maximum absolute atomic E-state index is 9.09. The van der Waals surface area contributed by atoms with Gasteiger partial charge in [-0.05, 0) is 18.4 Å². The molecule has 1 atom stereocenters. The van der Waals surface area contributed by atoms with Crippen LogP contribution >= 0.6 is 0 Å². The number of hydrogen-bond acceptors (Lipinski definition) is 1. The molecule has 0 aliphatic carbocycles. The maximum Gasteiger partial charge on any atom is 0.129 e. The zero-order valence-electron chi connectivity index (χ0n) is 11.0. The number of hydrogen-bond donors (Lipinski definition) is 1. The summed E-state index contributed by atoms with van der Waals surface area (Å²) in [6.07, 6.45) is 1.71. The van der Waals surface area contributed by atoms with Crippen LogP contribution in [0.15, 0.2) is 30.3 Å². The SMILES string of the molecule is C[Si](C)(C)C#C[C@@H](CCO)Cc1ccccc1.